The van der Waals surface area contributed by atoms with E-state index in [4.69, 9.17) is 0 Å². The van der Waals surface area contributed by atoms with Crippen LogP contribution in [0.4, 0.5) is 5.69 Å². The van der Waals surface area contributed by atoms with Gasteiger partial charge in [0.15, 0.2) is 0 Å². The third kappa shape index (κ3) is 2.42. The fourth-order valence-electron chi connectivity index (χ4n) is 2.65. The first-order valence-electron chi connectivity index (χ1n) is 7.28. The van der Waals surface area contributed by atoms with E-state index in [1.54, 1.807) is 0 Å². The van der Waals surface area contributed by atoms with Gasteiger partial charge in [0.2, 0.25) is 5.91 Å². The van der Waals surface area contributed by atoms with Gasteiger partial charge in [0.25, 0.3) is 5.91 Å². The van der Waals surface area contributed by atoms with Crippen LogP contribution in [0.2, 0.25) is 0 Å². The molecule has 4 heteroatoms. The van der Waals surface area contributed by atoms with Crippen LogP contribution in [0.5, 0.6) is 0 Å². The van der Waals surface area contributed by atoms with Gasteiger partial charge in [-0.2, -0.15) is 0 Å². The molecule has 0 unspecified atom stereocenters. The molecule has 106 valence electrons. The van der Waals surface area contributed by atoms with Crippen molar-refractivity contribution in [1.82, 2.24) is 4.90 Å². The van der Waals surface area contributed by atoms with Crippen LogP contribution in [-0.2, 0) is 9.59 Å². The van der Waals surface area contributed by atoms with E-state index in [0.29, 0.717) is 5.92 Å². The zero-order valence-electron chi connectivity index (χ0n) is 11.9. The quantitative estimate of drug-likeness (QED) is 0.857. The van der Waals surface area contributed by atoms with Crippen molar-refractivity contribution in [2.75, 3.05) is 5.32 Å². The Kier molecular flexibility index (Phi) is 3.24. The summed E-state index contributed by atoms with van der Waals surface area (Å²) in [4.78, 5) is 25.6. The van der Waals surface area contributed by atoms with Crippen molar-refractivity contribution >= 4 is 17.5 Å². The van der Waals surface area contributed by atoms with Crippen LogP contribution in [0.25, 0.3) is 0 Å². The summed E-state index contributed by atoms with van der Waals surface area (Å²) in [6.45, 7) is 4.30. The molecule has 0 spiro atoms. The maximum Gasteiger partial charge on any atom is 0.252 e. The zero-order valence-corrected chi connectivity index (χ0v) is 11.9. The highest BCUT2D eigenvalue weighted by Gasteiger charge is 2.46. The number of carbonyl (C=O) groups excluding carboxylic acids is 2. The van der Waals surface area contributed by atoms with Crippen LogP contribution < -0.4 is 5.32 Å². The lowest BCUT2D eigenvalue weighted by atomic mass is 10.0. The van der Waals surface area contributed by atoms with E-state index in [2.05, 4.69) is 31.3 Å². The Morgan fingerprint density at radius 1 is 1.15 bits per heavy atom. The standard InChI is InChI=1S/C16H20N2O2/c1-10(2)11-3-5-12(6-4-11)17-14-9-15(19)18(16(14)20)13-7-8-13/h3-6,10,13-14,17H,7-9H2,1-2H3/t14-/m0/s1. The maximum absolute atomic E-state index is 12.2. The Bertz CT molecular complexity index is 532. The van der Waals surface area contributed by atoms with Crippen molar-refractivity contribution in [2.45, 2.75) is 51.1 Å². The molecule has 0 radical (unpaired) electrons. The topological polar surface area (TPSA) is 49.4 Å². The summed E-state index contributed by atoms with van der Waals surface area (Å²) in [7, 11) is 0. The number of amides is 2. The summed E-state index contributed by atoms with van der Waals surface area (Å²) in [5, 5.41) is 3.19. The molecule has 2 amide bonds. The summed E-state index contributed by atoms with van der Waals surface area (Å²) in [6.07, 6.45) is 2.21. The first kappa shape index (κ1) is 13.2. The van der Waals surface area contributed by atoms with Gasteiger partial charge in [0, 0.05) is 11.7 Å². The normalized spacial score (nSPS) is 22.8. The van der Waals surface area contributed by atoms with Gasteiger partial charge < -0.3 is 5.32 Å². The number of nitrogens with zero attached hydrogens (tertiary/aromatic N) is 1. The highest BCUT2D eigenvalue weighted by Crippen LogP contribution is 2.32. The predicted molar refractivity (Wildman–Crippen MR) is 77.4 cm³/mol. The van der Waals surface area contributed by atoms with Crippen molar-refractivity contribution < 1.29 is 9.59 Å². The average molecular weight is 272 g/mol. The predicted octanol–water partition coefficient (Wildman–Crippen LogP) is 2.51. The number of nitrogens with one attached hydrogen (secondary N) is 1. The van der Waals surface area contributed by atoms with Crippen LogP contribution in [-0.4, -0.2) is 28.8 Å². The van der Waals surface area contributed by atoms with E-state index in [1.165, 1.54) is 10.5 Å². The van der Waals surface area contributed by atoms with E-state index >= 15 is 0 Å². The van der Waals surface area contributed by atoms with Crippen LogP contribution in [0, 0.1) is 0 Å². The van der Waals surface area contributed by atoms with E-state index in [1.807, 2.05) is 12.1 Å². The fraction of sp³-hybridized carbons (Fsp3) is 0.500. The Balaban J connectivity index is 1.68. The average Bonchev–Trinajstić information content (AvgIpc) is 3.19. The lowest BCUT2D eigenvalue weighted by Gasteiger charge is -2.15. The third-order valence-corrected chi connectivity index (χ3v) is 4.01. The Labute approximate surface area is 119 Å². The van der Waals surface area contributed by atoms with Crippen LogP contribution >= 0.6 is 0 Å². The van der Waals surface area contributed by atoms with Gasteiger partial charge in [-0.1, -0.05) is 26.0 Å². The maximum atomic E-state index is 12.2. The van der Waals surface area contributed by atoms with E-state index in [-0.39, 0.29) is 24.3 Å². The van der Waals surface area contributed by atoms with Crippen LogP contribution in [0.15, 0.2) is 24.3 Å². The Morgan fingerprint density at radius 3 is 2.35 bits per heavy atom. The van der Waals surface area contributed by atoms with Crippen molar-refractivity contribution in [2.24, 2.45) is 0 Å². The number of imide groups is 1. The smallest absolute Gasteiger partial charge is 0.252 e. The molecule has 4 nitrogen and oxygen atoms in total. The third-order valence-electron chi connectivity index (χ3n) is 4.01. The van der Waals surface area contributed by atoms with Crippen molar-refractivity contribution in [3.05, 3.63) is 29.8 Å². The minimum absolute atomic E-state index is 0.0335. The largest absolute Gasteiger partial charge is 0.373 e. The number of rotatable bonds is 4. The van der Waals surface area contributed by atoms with E-state index in [9.17, 15) is 9.59 Å². The SMILES string of the molecule is CC(C)c1ccc(N[C@H]2CC(=O)N(C3CC3)C2=O)cc1. The molecule has 1 N–H and O–H groups in total. The molecule has 1 heterocycles. The van der Waals surface area contributed by atoms with Gasteiger partial charge in [-0.15, -0.1) is 0 Å². The van der Waals surface area contributed by atoms with Gasteiger partial charge in [-0.05, 0) is 36.5 Å². The number of hydrogen-bond acceptors (Lipinski definition) is 3. The number of hydrogen-bond donors (Lipinski definition) is 1. The highest BCUT2D eigenvalue weighted by molar-refractivity contribution is 6.07. The number of benzene rings is 1. The lowest BCUT2D eigenvalue weighted by Crippen LogP contribution is -2.36. The van der Waals surface area contributed by atoms with Crippen LogP contribution in [0.1, 0.15) is 44.6 Å². The number of likely N-dealkylation sites (tertiary alicyclic amines) is 1. The number of anilines is 1. The van der Waals surface area contributed by atoms with Gasteiger partial charge in [-0.25, -0.2) is 0 Å². The highest BCUT2D eigenvalue weighted by atomic mass is 16.2. The minimum atomic E-state index is -0.395. The summed E-state index contributed by atoms with van der Waals surface area (Å²) in [6, 6.07) is 7.86. The molecule has 2 fully saturated rings. The van der Waals surface area contributed by atoms with Crippen LogP contribution in [0.3, 0.4) is 0 Å². The monoisotopic (exact) mass is 272 g/mol. The van der Waals surface area contributed by atoms with Crippen molar-refractivity contribution in [1.29, 1.82) is 0 Å². The molecule has 1 atom stereocenters. The van der Waals surface area contributed by atoms with Gasteiger partial charge in [0.1, 0.15) is 6.04 Å². The molecular weight excluding hydrogens is 252 g/mol. The molecule has 20 heavy (non-hydrogen) atoms. The van der Waals surface area contributed by atoms with E-state index in [0.717, 1.165) is 18.5 Å². The van der Waals surface area contributed by atoms with Gasteiger partial charge in [0.05, 0.1) is 6.42 Å². The van der Waals surface area contributed by atoms with Gasteiger partial charge in [-0.3, -0.25) is 14.5 Å². The van der Waals surface area contributed by atoms with Crippen molar-refractivity contribution in [3.8, 4) is 0 Å². The van der Waals surface area contributed by atoms with E-state index < -0.39 is 6.04 Å². The zero-order chi connectivity index (χ0) is 14.3. The molecule has 2 aliphatic rings. The second kappa shape index (κ2) is 4.93. The molecule has 0 bridgehead atoms. The summed E-state index contributed by atoms with van der Waals surface area (Å²) >= 11 is 0. The molecule has 0 aromatic heterocycles. The molecule has 3 rings (SSSR count). The molecular formula is C16H20N2O2. The molecule has 1 aliphatic carbocycles. The van der Waals surface area contributed by atoms with Gasteiger partial charge >= 0.3 is 0 Å². The summed E-state index contributed by atoms with van der Waals surface area (Å²) in [5.74, 6) is 0.392. The summed E-state index contributed by atoms with van der Waals surface area (Å²) in [5.41, 5.74) is 2.17. The molecule has 1 aliphatic heterocycles. The number of carbonyl (C=O) groups is 2. The first-order chi connectivity index (χ1) is 9.56. The fourth-order valence-corrected chi connectivity index (χ4v) is 2.65. The molecule has 1 saturated carbocycles. The molecule has 1 aromatic rings. The molecule has 1 aromatic carbocycles. The summed E-state index contributed by atoms with van der Waals surface area (Å²) < 4.78 is 0. The van der Waals surface area contributed by atoms with Crippen molar-refractivity contribution in [3.63, 3.8) is 0 Å². The first-order valence-corrected chi connectivity index (χ1v) is 7.28. The Hall–Kier alpha value is -1.84. The molecule has 1 saturated heterocycles. The second-order valence-electron chi connectivity index (χ2n) is 6.01. The second-order valence-corrected chi connectivity index (χ2v) is 6.01. The lowest BCUT2D eigenvalue weighted by molar-refractivity contribution is -0.139. The minimum Gasteiger partial charge on any atom is -0.373 e. The Morgan fingerprint density at radius 2 is 1.80 bits per heavy atom.